The Hall–Kier alpha value is -1.89. The first-order valence-electron chi connectivity index (χ1n) is 8.24. The maximum absolute atomic E-state index is 7.77. The molecule has 0 fully saturated rings. The van der Waals surface area contributed by atoms with Crippen LogP contribution in [-0.2, 0) is 12.8 Å². The molecule has 0 radical (unpaired) electrons. The normalized spacial score (nSPS) is 11.3. The molecule has 120 valence electrons. The zero-order valence-electron chi connectivity index (χ0n) is 14.6. The van der Waals surface area contributed by atoms with E-state index in [2.05, 4.69) is 62.4 Å². The predicted molar refractivity (Wildman–Crippen MR) is 100 cm³/mol. The van der Waals surface area contributed by atoms with Gasteiger partial charge in [0.15, 0.2) is 0 Å². The van der Waals surface area contributed by atoms with Gasteiger partial charge >= 0.3 is 0 Å². The predicted octanol–water partition coefficient (Wildman–Crippen LogP) is 6.20. The lowest BCUT2D eigenvalue weighted by Crippen LogP contribution is -2.06. The summed E-state index contributed by atoms with van der Waals surface area (Å²) >= 11 is 0. The van der Waals surface area contributed by atoms with Gasteiger partial charge in [-0.2, -0.15) is 0 Å². The van der Waals surface area contributed by atoms with Crippen LogP contribution < -0.4 is 0 Å². The topological polar surface area (TPSA) is 23.9 Å². The van der Waals surface area contributed by atoms with Crippen molar-refractivity contribution in [2.24, 2.45) is 0 Å². The zero-order valence-corrected chi connectivity index (χ0v) is 14.6. The minimum Gasteiger partial charge on any atom is -0.310 e. The summed E-state index contributed by atoms with van der Waals surface area (Å²) in [4.78, 5) is 0. The Labute approximate surface area is 137 Å². The van der Waals surface area contributed by atoms with Crippen molar-refractivity contribution in [1.29, 1.82) is 5.41 Å². The summed E-state index contributed by atoms with van der Waals surface area (Å²) in [5.74, 6) is 0.503. The maximum Gasteiger partial charge on any atom is 0.0104 e. The highest BCUT2D eigenvalue weighted by Gasteiger charge is 2.11. The van der Waals surface area contributed by atoms with Crippen LogP contribution in [0.3, 0.4) is 0 Å². The zero-order chi connectivity index (χ0) is 16.5. The number of aryl methyl sites for hydroxylation is 1. The van der Waals surface area contributed by atoms with Crippen LogP contribution in [-0.4, -0.2) is 5.71 Å². The summed E-state index contributed by atoms with van der Waals surface area (Å²) in [5.41, 5.74) is 6.13. The third-order valence-electron chi connectivity index (χ3n) is 3.84. The summed E-state index contributed by atoms with van der Waals surface area (Å²) in [6, 6.07) is 17.1. The second-order valence-corrected chi connectivity index (χ2v) is 5.69. The number of nitrogens with one attached hydrogen (secondary N) is 1. The van der Waals surface area contributed by atoms with Gasteiger partial charge in [-0.25, -0.2) is 0 Å². The van der Waals surface area contributed by atoms with E-state index < -0.39 is 0 Å². The van der Waals surface area contributed by atoms with Crippen LogP contribution in [0.1, 0.15) is 57.3 Å². The minimum atomic E-state index is 0. The molecule has 0 saturated carbocycles. The molecule has 2 rings (SSSR count). The highest BCUT2D eigenvalue weighted by Crippen LogP contribution is 2.24. The highest BCUT2D eigenvalue weighted by atomic mass is 14.4. The molecule has 1 N–H and O–H groups in total. The van der Waals surface area contributed by atoms with Gasteiger partial charge in [-0.3, -0.25) is 0 Å². The van der Waals surface area contributed by atoms with Crippen LogP contribution in [0.5, 0.6) is 0 Å². The Morgan fingerprint density at radius 3 is 2.27 bits per heavy atom. The van der Waals surface area contributed by atoms with E-state index in [4.69, 9.17) is 5.41 Å². The molecule has 1 heteroatoms. The first-order chi connectivity index (χ1) is 10.6. The first-order valence-corrected chi connectivity index (χ1v) is 8.24. The average Bonchev–Trinajstić information content (AvgIpc) is 2.53. The van der Waals surface area contributed by atoms with Crippen molar-refractivity contribution in [1.82, 2.24) is 0 Å². The Morgan fingerprint density at radius 2 is 1.68 bits per heavy atom. The average molecular weight is 297 g/mol. The lowest BCUT2D eigenvalue weighted by molar-refractivity contribution is 0.753. The van der Waals surface area contributed by atoms with E-state index in [0.29, 0.717) is 5.92 Å². The summed E-state index contributed by atoms with van der Waals surface area (Å²) in [7, 11) is 0. The molecule has 0 saturated heterocycles. The Morgan fingerprint density at radius 1 is 1.05 bits per heavy atom. The molecule has 22 heavy (non-hydrogen) atoms. The molecule has 2 aromatic rings. The minimum absolute atomic E-state index is 0. The van der Waals surface area contributed by atoms with Crippen LogP contribution >= 0.6 is 0 Å². The van der Waals surface area contributed by atoms with Crippen molar-refractivity contribution in [3.05, 3.63) is 70.8 Å². The van der Waals surface area contributed by atoms with Crippen molar-refractivity contribution in [3.8, 4) is 0 Å². The van der Waals surface area contributed by atoms with Gasteiger partial charge in [-0.05, 0) is 48.4 Å². The molecule has 0 bridgehead atoms. The fourth-order valence-corrected chi connectivity index (χ4v) is 2.70. The molecule has 1 atom stereocenters. The van der Waals surface area contributed by atoms with Gasteiger partial charge in [0, 0.05) is 13.6 Å². The van der Waals surface area contributed by atoms with Crippen molar-refractivity contribution < 1.29 is 1.43 Å². The number of hydrogen-bond donors (Lipinski definition) is 1. The summed E-state index contributed by atoms with van der Waals surface area (Å²) in [5, 5.41) is 7.77. The van der Waals surface area contributed by atoms with Gasteiger partial charge < -0.3 is 5.41 Å². The van der Waals surface area contributed by atoms with Crippen LogP contribution in [0.15, 0.2) is 48.5 Å². The molecule has 2 aromatic carbocycles. The molecule has 0 aliphatic rings. The van der Waals surface area contributed by atoms with Crippen LogP contribution in [0, 0.1) is 12.3 Å². The molecule has 0 aliphatic heterocycles. The van der Waals surface area contributed by atoms with Crippen molar-refractivity contribution in [2.45, 2.75) is 53.4 Å². The maximum atomic E-state index is 7.77. The van der Waals surface area contributed by atoms with Gasteiger partial charge in [-0.1, -0.05) is 69.3 Å². The quantitative estimate of drug-likeness (QED) is 0.636. The summed E-state index contributed by atoms with van der Waals surface area (Å²) in [6.45, 7) is 10.3. The molecule has 1 nitrogen and oxygen atoms in total. The van der Waals surface area contributed by atoms with Crippen LogP contribution in [0.25, 0.3) is 0 Å². The first kappa shape index (κ1) is 18.2. The fraction of sp³-hybridized carbons (Fsp3) is 0.381. The molecule has 0 aliphatic carbocycles. The van der Waals surface area contributed by atoms with E-state index in [1.165, 1.54) is 22.3 Å². The molecular formula is C21H31N. The summed E-state index contributed by atoms with van der Waals surface area (Å²) in [6.07, 6.45) is 1.80. The fourth-order valence-electron chi connectivity index (χ4n) is 2.70. The molecular weight excluding hydrogens is 266 g/mol. The SMILES string of the molecule is CC.CC(=N)Cc1c(C)cccc1C[C@H](C)c1ccccc1.[HH]. The highest BCUT2D eigenvalue weighted by molar-refractivity contribution is 5.81. The second-order valence-electron chi connectivity index (χ2n) is 5.69. The summed E-state index contributed by atoms with van der Waals surface area (Å²) < 4.78 is 0. The lowest BCUT2D eigenvalue weighted by atomic mass is 9.88. The van der Waals surface area contributed by atoms with E-state index in [-0.39, 0.29) is 1.43 Å². The monoisotopic (exact) mass is 297 g/mol. The van der Waals surface area contributed by atoms with E-state index in [9.17, 15) is 0 Å². The third kappa shape index (κ3) is 5.14. The smallest absolute Gasteiger partial charge is 0.0104 e. The Kier molecular flexibility index (Phi) is 7.59. The largest absolute Gasteiger partial charge is 0.310 e. The molecule has 0 heterocycles. The van der Waals surface area contributed by atoms with Gasteiger partial charge in [0.1, 0.15) is 0 Å². The van der Waals surface area contributed by atoms with E-state index in [0.717, 1.165) is 18.6 Å². The number of rotatable bonds is 5. The van der Waals surface area contributed by atoms with Gasteiger partial charge in [0.2, 0.25) is 0 Å². The van der Waals surface area contributed by atoms with Gasteiger partial charge in [-0.15, -0.1) is 0 Å². The van der Waals surface area contributed by atoms with Crippen molar-refractivity contribution in [3.63, 3.8) is 0 Å². The van der Waals surface area contributed by atoms with Gasteiger partial charge in [0.25, 0.3) is 0 Å². The van der Waals surface area contributed by atoms with E-state index >= 15 is 0 Å². The van der Waals surface area contributed by atoms with Crippen molar-refractivity contribution in [2.75, 3.05) is 0 Å². The molecule has 0 spiro atoms. The molecule has 0 aromatic heterocycles. The number of benzene rings is 2. The standard InChI is InChI=1S/C19H23N.C2H6.H2/c1-14-8-7-11-18(19(14)13-16(3)20)12-15(2)17-9-5-4-6-10-17;1-2;/h4-11,15,20H,12-13H2,1-3H3;1-2H3;1H/t15-;;/m0../s1. The Balaban J connectivity index is 0.00000155. The third-order valence-corrected chi connectivity index (χ3v) is 3.84. The lowest BCUT2D eigenvalue weighted by Gasteiger charge is -2.17. The van der Waals surface area contributed by atoms with Crippen LogP contribution in [0.4, 0.5) is 0 Å². The van der Waals surface area contributed by atoms with Crippen LogP contribution in [0.2, 0.25) is 0 Å². The number of hydrogen-bond acceptors (Lipinski definition) is 1. The van der Waals surface area contributed by atoms with Crippen molar-refractivity contribution >= 4 is 5.71 Å². The van der Waals surface area contributed by atoms with Gasteiger partial charge in [0.05, 0.1) is 0 Å². The second kappa shape index (κ2) is 9.19. The van der Waals surface area contributed by atoms with E-state index in [1.54, 1.807) is 0 Å². The molecule has 0 unspecified atom stereocenters. The Bertz CT molecular complexity index is 590. The van der Waals surface area contributed by atoms with E-state index in [1.807, 2.05) is 20.8 Å². The molecule has 0 amide bonds.